The summed E-state index contributed by atoms with van der Waals surface area (Å²) in [7, 11) is -4.57. The molecule has 0 aromatic rings. The summed E-state index contributed by atoms with van der Waals surface area (Å²) in [6.07, 6.45) is -0.377. The molecule has 0 unspecified atom stereocenters. The van der Waals surface area contributed by atoms with Crippen LogP contribution in [0.3, 0.4) is 0 Å². The third kappa shape index (κ3) is 20.7. The van der Waals surface area contributed by atoms with Crippen LogP contribution in [-0.2, 0) is 33.3 Å². The van der Waals surface area contributed by atoms with Gasteiger partial charge in [0, 0.05) is 13.0 Å². The minimum Gasteiger partial charge on any atom is -0.645 e. The summed E-state index contributed by atoms with van der Waals surface area (Å²) in [5, 5.41) is 28.6. The molecule has 0 aromatic heterocycles. The second kappa shape index (κ2) is 24.5. The Bertz CT molecular complexity index is 1150. The van der Waals surface area contributed by atoms with Gasteiger partial charge in [-0.1, -0.05) is 20.3 Å². The van der Waals surface area contributed by atoms with Crippen LogP contribution in [0.2, 0.25) is 0 Å². The van der Waals surface area contributed by atoms with Gasteiger partial charge >= 0.3 is 62.4 Å². The van der Waals surface area contributed by atoms with E-state index >= 15 is 0 Å². The first-order valence-electron chi connectivity index (χ1n) is 14.5. The zero-order valence-corrected chi connectivity index (χ0v) is 31.5. The van der Waals surface area contributed by atoms with Gasteiger partial charge in [-0.15, -0.1) is 0 Å². The summed E-state index contributed by atoms with van der Waals surface area (Å²) in [6.45, 7) is 5.14. The summed E-state index contributed by atoms with van der Waals surface area (Å²) in [5.74, 6) is -6.71. The molecule has 24 heteroatoms. The maximum Gasteiger partial charge on any atom is 1.00 e. The minimum absolute atomic E-state index is 0. The Morgan fingerprint density at radius 3 is 2.10 bits per heavy atom. The van der Waals surface area contributed by atoms with E-state index in [0.29, 0.717) is 6.42 Å². The molecule has 0 radical (unpaired) electrons. The third-order valence-electron chi connectivity index (χ3n) is 6.36. The molecule has 0 saturated carbocycles. The molecule has 268 valence electrons. The number of carbonyl (C=O) groups excluding carboxylic acids is 5. The van der Waals surface area contributed by atoms with Crippen molar-refractivity contribution >= 4 is 49.6 Å². The van der Waals surface area contributed by atoms with E-state index in [1.807, 2.05) is 0 Å². The number of hydrogen-bond donors (Lipinski definition) is 10. The average molecular weight is 736 g/mol. The van der Waals surface area contributed by atoms with Crippen molar-refractivity contribution in [2.45, 2.75) is 84.0 Å². The fourth-order valence-electron chi connectivity index (χ4n) is 3.71. The van der Waals surface area contributed by atoms with E-state index in [-0.39, 0.29) is 90.2 Å². The van der Waals surface area contributed by atoms with Gasteiger partial charge in [0.05, 0.1) is 13.2 Å². The molecule has 0 rings (SSSR count). The number of rotatable bonds is 23. The van der Waals surface area contributed by atoms with Crippen molar-refractivity contribution < 1.29 is 110 Å². The number of hydrogen-bond acceptors (Lipinski definition) is 12. The molecule has 22 nitrogen and oxygen atoms in total. The fourth-order valence-corrected chi connectivity index (χ4v) is 4.83. The van der Waals surface area contributed by atoms with Crippen LogP contribution in [0.15, 0.2) is 4.99 Å². The van der Waals surface area contributed by atoms with Crippen molar-refractivity contribution in [1.29, 1.82) is 0 Å². The van der Waals surface area contributed by atoms with E-state index in [1.54, 1.807) is 19.3 Å². The maximum absolute atomic E-state index is 12.9. The Morgan fingerprint density at radius 2 is 1.58 bits per heavy atom. The van der Waals surface area contributed by atoms with Gasteiger partial charge in [0.25, 0.3) is 5.96 Å². The molecular formula is C24H45KN10O12P+. The number of carboxylic acids is 1. The maximum atomic E-state index is 12.9. The number of nitrogens with zero attached hydrogens (tertiary/aromatic N) is 2. The number of carboxylic acid groups (broad SMARTS) is 1. The standard InChI is InChI=1S/C24H45N10O12P.K/c1-5-13(3)19(33-47(44,45)46-6-2)22(39)29-14(4)20(37)28-12-18(36)30-15(9-10-17(25)35)21(38)31-16(23(40)41)8-7-11-27-24(26)32-34(42)43;/h13-16,19H,5-12H2,1-4H3,(H12-,25,26,27,28,29,30,31,32,33,35,36,37,38,39,40,41,42,43,44,45);/q;+1/t13-,14-,15-,16-,19-;/m0./s1. The van der Waals surface area contributed by atoms with E-state index in [9.17, 15) is 48.6 Å². The molecule has 48 heavy (non-hydrogen) atoms. The molecule has 5 atom stereocenters. The molecule has 0 aliphatic carbocycles. The Hall–Kier alpha value is -2.60. The van der Waals surface area contributed by atoms with Crippen LogP contribution < -0.4 is 104 Å². The Labute approximate surface area is 319 Å². The SMILES string of the molecule is CCO[P+]([O-])([O-])N[C@H](C(=O)N[C@@H](C)C(=O)NCC(=O)N[C@@H](CCC(N)=O)C(=O)N[C@@H](CCCN=C(N)N[N+](=O)O)C(=O)O)[C@@H](C)CC.[K+]. The van der Waals surface area contributed by atoms with Gasteiger partial charge in [-0.25, -0.2) is 19.5 Å². The van der Waals surface area contributed by atoms with Crippen LogP contribution in [-0.4, -0.2) is 101 Å². The monoisotopic (exact) mass is 735 g/mol. The predicted molar refractivity (Wildman–Crippen MR) is 160 cm³/mol. The van der Waals surface area contributed by atoms with Crippen LogP contribution in [0.1, 0.15) is 59.8 Å². The van der Waals surface area contributed by atoms with Crippen LogP contribution in [0.25, 0.3) is 0 Å². The number of nitrogens with one attached hydrogen (secondary N) is 6. The van der Waals surface area contributed by atoms with Gasteiger partial charge in [-0.3, -0.25) is 24.0 Å². The molecule has 0 aliphatic rings. The number of carbonyl (C=O) groups is 6. The number of aliphatic carboxylic acids is 1. The van der Waals surface area contributed by atoms with Crippen molar-refractivity contribution in [2.75, 3.05) is 19.7 Å². The summed E-state index contributed by atoms with van der Waals surface area (Å²) >= 11 is 0. The molecule has 0 heterocycles. The normalized spacial score (nSPS) is 14.5. The summed E-state index contributed by atoms with van der Waals surface area (Å²) in [6, 6.07) is -5.39. The largest absolute Gasteiger partial charge is 1.00 e. The van der Waals surface area contributed by atoms with Gasteiger partial charge in [-0.2, -0.15) is 5.09 Å². The topological polar surface area (TPSA) is 355 Å². The van der Waals surface area contributed by atoms with Crippen LogP contribution >= 0.6 is 8.09 Å². The second-order valence-electron chi connectivity index (χ2n) is 10.2. The molecular weight excluding hydrogens is 690 g/mol. The van der Waals surface area contributed by atoms with E-state index in [1.165, 1.54) is 13.8 Å². The third-order valence-corrected chi connectivity index (χ3v) is 7.55. The summed E-state index contributed by atoms with van der Waals surface area (Å²) in [4.78, 5) is 112. The molecule has 0 saturated heterocycles. The van der Waals surface area contributed by atoms with E-state index in [2.05, 4.69) is 35.9 Å². The van der Waals surface area contributed by atoms with E-state index in [4.69, 9.17) is 16.7 Å². The first kappa shape index (κ1) is 47.5. The number of guanidine groups is 1. The second-order valence-corrected chi connectivity index (χ2v) is 11.7. The average Bonchev–Trinajstić information content (AvgIpc) is 2.96. The number of primary amides is 1. The zero-order valence-electron chi connectivity index (χ0n) is 27.5. The molecule has 5 amide bonds. The Morgan fingerprint density at radius 1 is 0.958 bits per heavy atom. The molecule has 0 bridgehead atoms. The number of hydrazine groups is 1. The molecule has 0 aromatic carbocycles. The van der Waals surface area contributed by atoms with E-state index in [0.717, 1.165) is 0 Å². The van der Waals surface area contributed by atoms with Gasteiger partial charge in [0.2, 0.25) is 29.5 Å². The van der Waals surface area contributed by atoms with E-state index < -0.39 is 91.2 Å². The summed E-state index contributed by atoms with van der Waals surface area (Å²) < 4.78 is 4.65. The number of nitrogens with two attached hydrogens (primary N) is 2. The van der Waals surface area contributed by atoms with Crippen molar-refractivity contribution in [3.8, 4) is 0 Å². The Kier molecular flexibility index (Phi) is 24.3. The zero-order chi connectivity index (χ0) is 36.3. The molecule has 0 spiro atoms. The number of amides is 5. The Balaban J connectivity index is 0. The van der Waals surface area contributed by atoms with Gasteiger partial charge in [-0.05, 0) is 44.5 Å². The predicted octanol–water partition coefficient (Wildman–Crippen LogP) is -7.86. The molecule has 0 aliphatic heterocycles. The van der Waals surface area contributed by atoms with Crippen molar-refractivity contribution in [3.63, 3.8) is 0 Å². The van der Waals surface area contributed by atoms with Gasteiger partial charge in [0.1, 0.15) is 37.2 Å². The van der Waals surface area contributed by atoms with Crippen molar-refractivity contribution in [3.05, 3.63) is 4.91 Å². The van der Waals surface area contributed by atoms with Gasteiger partial charge in [0.15, 0.2) is 0 Å². The number of aliphatic imine (C=N–C) groups is 1. The van der Waals surface area contributed by atoms with Gasteiger partial charge < -0.3 is 47.6 Å². The van der Waals surface area contributed by atoms with Crippen molar-refractivity contribution in [1.82, 2.24) is 31.8 Å². The molecule has 12 N–H and O–H groups in total. The molecule has 0 fully saturated rings. The quantitative estimate of drug-likeness (QED) is 0.0116. The first-order valence-corrected chi connectivity index (χ1v) is 16.0. The van der Waals surface area contributed by atoms with Crippen LogP contribution in [0.4, 0.5) is 0 Å². The smallest absolute Gasteiger partial charge is 0.645 e. The fraction of sp³-hybridized carbons (Fsp3) is 0.708. The van der Waals surface area contributed by atoms with Crippen LogP contribution in [0, 0.1) is 10.8 Å². The van der Waals surface area contributed by atoms with Crippen molar-refractivity contribution in [2.24, 2.45) is 22.4 Å². The minimum atomic E-state index is -4.57. The van der Waals surface area contributed by atoms with Crippen LogP contribution in [0.5, 0.6) is 0 Å². The summed E-state index contributed by atoms with van der Waals surface area (Å²) in [5.41, 5.74) is 12.2. The first-order chi connectivity index (χ1) is 21.8.